The number of halogens is 1. The number of ether oxygens (including phenoxy) is 2. The number of hydrogen-bond acceptors (Lipinski definition) is 5. The quantitative estimate of drug-likeness (QED) is 0.705. The standard InChI is InChI=1S/C23H20FN3O4/c1-3-29-20-12-15(8-9-19(20)30-13-16-6-4-5-7-18(16)24)11-17-22(25)27-21(26-23(17)28)10-14(2)31-27/h4-12,25H,3,13H2,1-2H3/b17-11-,25-22?. The van der Waals surface area contributed by atoms with Crippen LogP contribution in [0.3, 0.4) is 0 Å². The summed E-state index contributed by atoms with van der Waals surface area (Å²) in [4.78, 5) is 21.8. The third kappa shape index (κ3) is 4.18. The Morgan fingerprint density at radius 2 is 2.00 bits per heavy atom. The lowest BCUT2D eigenvalue weighted by atomic mass is 10.1. The molecule has 0 bridgehead atoms. The molecule has 2 heterocycles. The van der Waals surface area contributed by atoms with Gasteiger partial charge in [0, 0.05) is 11.6 Å². The summed E-state index contributed by atoms with van der Waals surface area (Å²) < 4.78 is 25.3. The van der Waals surface area contributed by atoms with Gasteiger partial charge in [-0.05, 0) is 43.7 Å². The van der Waals surface area contributed by atoms with Crippen LogP contribution in [0.1, 0.15) is 25.0 Å². The minimum atomic E-state index is -0.524. The monoisotopic (exact) mass is 421 g/mol. The van der Waals surface area contributed by atoms with E-state index < -0.39 is 5.91 Å². The minimum absolute atomic E-state index is 0.0481. The second-order valence-electron chi connectivity index (χ2n) is 6.84. The third-order valence-corrected chi connectivity index (χ3v) is 4.60. The van der Waals surface area contributed by atoms with Gasteiger partial charge in [-0.3, -0.25) is 10.2 Å². The number of fused-ring (bicyclic) bond motifs is 1. The van der Waals surface area contributed by atoms with Crippen LogP contribution in [0.15, 0.2) is 64.9 Å². The van der Waals surface area contributed by atoms with Crippen LogP contribution in [0.5, 0.6) is 11.5 Å². The number of allylic oxidation sites excluding steroid dienone is 1. The second-order valence-corrected chi connectivity index (χ2v) is 6.84. The van der Waals surface area contributed by atoms with E-state index in [1.807, 2.05) is 6.92 Å². The highest BCUT2D eigenvalue weighted by molar-refractivity contribution is 6.32. The Bertz CT molecular complexity index is 1150. The van der Waals surface area contributed by atoms with Gasteiger partial charge < -0.3 is 14.3 Å². The maximum atomic E-state index is 13.9. The van der Waals surface area contributed by atoms with Gasteiger partial charge in [0.15, 0.2) is 23.2 Å². The molecule has 1 N–H and O–H groups in total. The van der Waals surface area contributed by atoms with E-state index >= 15 is 0 Å². The SMILES string of the molecule is CCOc1cc(/C=C2/C(=N)N3OC(C)=CC3=NC2=O)ccc1OCc1ccccc1F. The number of nitrogens with zero attached hydrogens (tertiary/aromatic N) is 2. The molecule has 1 amide bonds. The number of carbonyl (C=O) groups excluding carboxylic acids is 1. The Labute approximate surface area is 178 Å². The fourth-order valence-electron chi connectivity index (χ4n) is 3.14. The van der Waals surface area contributed by atoms with E-state index in [1.54, 1.807) is 55.5 Å². The highest BCUT2D eigenvalue weighted by Gasteiger charge is 2.34. The van der Waals surface area contributed by atoms with Gasteiger partial charge >= 0.3 is 0 Å². The number of amides is 1. The number of nitrogens with one attached hydrogen (secondary N) is 1. The molecule has 0 spiro atoms. The Kier molecular flexibility index (Phi) is 5.53. The molecule has 2 aromatic carbocycles. The zero-order valence-corrected chi connectivity index (χ0v) is 17.0. The number of hydrogen-bond donors (Lipinski definition) is 1. The minimum Gasteiger partial charge on any atom is -0.490 e. The second kappa shape index (κ2) is 8.43. The van der Waals surface area contributed by atoms with Crippen molar-refractivity contribution in [3.8, 4) is 11.5 Å². The molecule has 0 saturated heterocycles. The van der Waals surface area contributed by atoms with E-state index in [0.29, 0.717) is 35.0 Å². The summed E-state index contributed by atoms with van der Waals surface area (Å²) in [6.45, 7) is 4.00. The molecule has 0 unspecified atom stereocenters. The van der Waals surface area contributed by atoms with E-state index in [9.17, 15) is 9.18 Å². The molecule has 0 saturated carbocycles. The molecule has 4 rings (SSSR count). The maximum absolute atomic E-state index is 13.9. The van der Waals surface area contributed by atoms with Crippen LogP contribution < -0.4 is 9.47 Å². The van der Waals surface area contributed by atoms with Gasteiger partial charge in [0.05, 0.1) is 12.2 Å². The predicted octanol–water partition coefficient (Wildman–Crippen LogP) is 4.25. The zero-order chi connectivity index (χ0) is 22.0. The summed E-state index contributed by atoms with van der Waals surface area (Å²) in [6, 6.07) is 11.5. The molecule has 31 heavy (non-hydrogen) atoms. The van der Waals surface area contributed by atoms with E-state index in [2.05, 4.69) is 4.99 Å². The molecule has 2 aromatic rings. The number of benzene rings is 2. The first-order chi connectivity index (χ1) is 15.0. The number of rotatable bonds is 6. The summed E-state index contributed by atoms with van der Waals surface area (Å²) in [5, 5.41) is 9.51. The molecule has 158 valence electrons. The largest absolute Gasteiger partial charge is 0.490 e. The molecule has 2 aliphatic rings. The summed E-state index contributed by atoms with van der Waals surface area (Å²) in [6.07, 6.45) is 3.14. The fraction of sp³-hybridized carbons (Fsp3) is 0.174. The number of hydroxylamine groups is 2. The van der Waals surface area contributed by atoms with Crippen molar-refractivity contribution in [1.29, 1.82) is 5.41 Å². The molecule has 8 heteroatoms. The molecule has 0 fully saturated rings. The van der Waals surface area contributed by atoms with Crippen molar-refractivity contribution in [3.63, 3.8) is 0 Å². The topological polar surface area (TPSA) is 84.2 Å². The smallest absolute Gasteiger partial charge is 0.282 e. The molecule has 0 aliphatic carbocycles. The number of amidine groups is 2. The molecule has 0 aromatic heterocycles. The van der Waals surface area contributed by atoms with Crippen LogP contribution in [0.25, 0.3) is 6.08 Å². The van der Waals surface area contributed by atoms with Crippen LogP contribution >= 0.6 is 0 Å². The average Bonchev–Trinajstić information content (AvgIpc) is 3.12. The van der Waals surface area contributed by atoms with Gasteiger partial charge in [-0.25, -0.2) is 4.39 Å². The lowest BCUT2D eigenvalue weighted by molar-refractivity contribution is -0.114. The first kappa shape index (κ1) is 20.3. The Hall–Kier alpha value is -3.94. The van der Waals surface area contributed by atoms with Crippen molar-refractivity contribution in [1.82, 2.24) is 5.06 Å². The van der Waals surface area contributed by atoms with E-state index in [1.165, 1.54) is 11.1 Å². The third-order valence-electron chi connectivity index (χ3n) is 4.60. The number of aliphatic imine (C=N–C) groups is 1. The molecular weight excluding hydrogens is 401 g/mol. The van der Waals surface area contributed by atoms with Crippen LogP contribution in [0.2, 0.25) is 0 Å². The van der Waals surface area contributed by atoms with Crippen molar-refractivity contribution < 1.29 is 23.5 Å². The molecule has 0 radical (unpaired) electrons. The van der Waals surface area contributed by atoms with Crippen molar-refractivity contribution in [2.75, 3.05) is 6.61 Å². The Morgan fingerprint density at radius 1 is 1.19 bits per heavy atom. The van der Waals surface area contributed by atoms with Crippen molar-refractivity contribution in [3.05, 3.63) is 76.8 Å². The molecule has 0 atom stereocenters. The first-order valence-corrected chi connectivity index (χ1v) is 9.69. The van der Waals surface area contributed by atoms with Gasteiger partial charge in [0.2, 0.25) is 0 Å². The van der Waals surface area contributed by atoms with E-state index in [0.717, 1.165) is 0 Å². The maximum Gasteiger partial charge on any atom is 0.282 e. The van der Waals surface area contributed by atoms with Gasteiger partial charge in [-0.2, -0.15) is 4.99 Å². The van der Waals surface area contributed by atoms with Crippen LogP contribution in [-0.2, 0) is 16.2 Å². The first-order valence-electron chi connectivity index (χ1n) is 9.69. The van der Waals surface area contributed by atoms with Gasteiger partial charge in [0.25, 0.3) is 5.91 Å². The van der Waals surface area contributed by atoms with Crippen LogP contribution in [-0.4, -0.2) is 29.2 Å². The van der Waals surface area contributed by atoms with Gasteiger partial charge in [-0.1, -0.05) is 24.3 Å². The molecule has 7 nitrogen and oxygen atoms in total. The molecular formula is C23H20FN3O4. The highest BCUT2D eigenvalue weighted by Crippen LogP contribution is 2.31. The summed E-state index contributed by atoms with van der Waals surface area (Å²) in [5.41, 5.74) is 1.15. The predicted molar refractivity (Wildman–Crippen MR) is 113 cm³/mol. The Balaban J connectivity index is 1.58. The van der Waals surface area contributed by atoms with Gasteiger partial charge in [-0.15, -0.1) is 5.06 Å². The van der Waals surface area contributed by atoms with Gasteiger partial charge in [0.1, 0.15) is 18.2 Å². The molecule has 2 aliphatic heterocycles. The highest BCUT2D eigenvalue weighted by atomic mass is 19.1. The lowest BCUT2D eigenvalue weighted by Gasteiger charge is -2.23. The summed E-state index contributed by atoms with van der Waals surface area (Å²) in [5.74, 6) is 0.765. The van der Waals surface area contributed by atoms with E-state index in [-0.39, 0.29) is 29.7 Å². The summed E-state index contributed by atoms with van der Waals surface area (Å²) in [7, 11) is 0. The van der Waals surface area contributed by atoms with Crippen molar-refractivity contribution in [2.45, 2.75) is 20.5 Å². The van der Waals surface area contributed by atoms with Crippen LogP contribution in [0, 0.1) is 11.2 Å². The lowest BCUT2D eigenvalue weighted by Crippen LogP contribution is -2.38. The summed E-state index contributed by atoms with van der Waals surface area (Å²) >= 11 is 0. The fourth-order valence-corrected chi connectivity index (χ4v) is 3.14. The number of carbonyl (C=O) groups is 1. The average molecular weight is 421 g/mol. The zero-order valence-electron chi connectivity index (χ0n) is 17.0. The normalized spacial score (nSPS) is 16.6. The van der Waals surface area contributed by atoms with Crippen molar-refractivity contribution >= 4 is 23.7 Å². The van der Waals surface area contributed by atoms with Crippen molar-refractivity contribution in [2.24, 2.45) is 4.99 Å². The Morgan fingerprint density at radius 3 is 2.77 bits per heavy atom. The van der Waals surface area contributed by atoms with E-state index in [4.69, 9.17) is 19.7 Å². The van der Waals surface area contributed by atoms with Crippen LogP contribution in [0.4, 0.5) is 4.39 Å².